The maximum Gasteiger partial charge on any atom is 0.286 e. The number of rotatable bonds is 7. The van der Waals surface area contributed by atoms with Gasteiger partial charge in [-0.25, -0.2) is 13.1 Å². The Morgan fingerprint density at radius 2 is 2.00 bits per heavy atom. The molecule has 11 nitrogen and oxygen atoms in total. The van der Waals surface area contributed by atoms with Crippen molar-refractivity contribution in [3.8, 4) is 17.0 Å². The molecular weight excluding hydrogens is 514 g/mol. The highest BCUT2D eigenvalue weighted by Crippen LogP contribution is 2.35. The minimum absolute atomic E-state index is 0.0396. The van der Waals surface area contributed by atoms with Crippen molar-refractivity contribution in [2.75, 3.05) is 16.3 Å². The fourth-order valence-corrected chi connectivity index (χ4v) is 5.79. The first-order chi connectivity index (χ1) is 16.4. The van der Waals surface area contributed by atoms with E-state index < -0.39 is 31.4 Å². The predicted octanol–water partition coefficient (Wildman–Crippen LogP) is 2.66. The van der Waals surface area contributed by atoms with Gasteiger partial charge in [-0.1, -0.05) is 13.8 Å². The second kappa shape index (κ2) is 9.09. The van der Waals surface area contributed by atoms with Gasteiger partial charge in [0.05, 0.1) is 11.9 Å². The number of thiophene rings is 1. The van der Waals surface area contributed by atoms with E-state index in [1.54, 1.807) is 16.8 Å². The van der Waals surface area contributed by atoms with E-state index >= 15 is 0 Å². The fourth-order valence-electron chi connectivity index (χ4n) is 3.45. The van der Waals surface area contributed by atoms with Gasteiger partial charge in [-0.05, 0) is 42.0 Å². The van der Waals surface area contributed by atoms with Gasteiger partial charge in [-0.3, -0.25) is 9.52 Å². The van der Waals surface area contributed by atoms with Crippen LogP contribution in [0.15, 0.2) is 49.1 Å². The lowest BCUT2D eigenvalue weighted by Crippen LogP contribution is -2.34. The quantitative estimate of drug-likeness (QED) is 0.415. The Bertz CT molecular complexity index is 1590. The van der Waals surface area contributed by atoms with Crippen LogP contribution in [-0.2, 0) is 26.6 Å². The summed E-state index contributed by atoms with van der Waals surface area (Å²) in [6.07, 6.45) is 1.58. The molecule has 14 heteroatoms. The van der Waals surface area contributed by atoms with E-state index in [0.29, 0.717) is 12.0 Å². The smallest absolute Gasteiger partial charge is 0.286 e. The summed E-state index contributed by atoms with van der Waals surface area (Å²) in [5.74, 6) is -0.562. The van der Waals surface area contributed by atoms with Crippen LogP contribution in [0.4, 0.5) is 11.4 Å². The van der Waals surface area contributed by atoms with E-state index in [2.05, 4.69) is 19.5 Å². The summed E-state index contributed by atoms with van der Waals surface area (Å²) in [4.78, 5) is 13.0. The zero-order valence-electron chi connectivity index (χ0n) is 19.0. The molecule has 0 saturated carbocycles. The third-order valence-corrected chi connectivity index (χ3v) is 7.71. The molecule has 1 aromatic carbocycles. The molecule has 0 saturated heterocycles. The van der Waals surface area contributed by atoms with Crippen molar-refractivity contribution >= 4 is 48.6 Å². The number of benzene rings is 1. The first kappa shape index (κ1) is 24.9. The van der Waals surface area contributed by atoms with Crippen molar-refractivity contribution in [3.63, 3.8) is 0 Å². The van der Waals surface area contributed by atoms with Gasteiger partial charge < -0.3 is 10.4 Å². The maximum atomic E-state index is 13.3. The first-order valence-corrected chi connectivity index (χ1v) is 14.7. The number of anilines is 2. The van der Waals surface area contributed by atoms with Crippen LogP contribution in [0, 0.1) is 5.92 Å². The molecule has 0 spiro atoms. The van der Waals surface area contributed by atoms with E-state index in [0.717, 1.165) is 12.3 Å². The number of aromatic nitrogens is 2. The minimum Gasteiger partial charge on any atom is -0.505 e. The molecule has 3 aromatic rings. The zero-order valence-corrected chi connectivity index (χ0v) is 21.5. The van der Waals surface area contributed by atoms with Crippen LogP contribution in [0.5, 0.6) is 5.75 Å². The lowest BCUT2D eigenvalue weighted by atomic mass is 10.1. The summed E-state index contributed by atoms with van der Waals surface area (Å²) in [6.45, 7) is 4.25. The van der Waals surface area contributed by atoms with E-state index in [9.17, 15) is 26.7 Å². The van der Waals surface area contributed by atoms with Crippen molar-refractivity contribution in [2.45, 2.75) is 31.7 Å². The van der Waals surface area contributed by atoms with Crippen LogP contribution in [0.25, 0.3) is 11.3 Å². The standard InChI is InChI=1S/C21H23N5O6S3/c1-12(2)6-8-26-21(28)17(19(27)18(23-26)13-7-9-33-11-13)20-22-15-5-4-14(24-34(3,29)30)10-16(15)35(31,32)25-20/h4-5,7,9-12,24,27H,6,8H2,1-3H3,(H,22,25). The molecular formula is C21H23N5O6S3. The Morgan fingerprint density at radius 1 is 1.26 bits per heavy atom. The lowest BCUT2D eigenvalue weighted by Gasteiger charge is -2.20. The average molecular weight is 538 g/mol. The average Bonchev–Trinajstić information content (AvgIpc) is 3.27. The Balaban J connectivity index is 1.87. The van der Waals surface area contributed by atoms with E-state index in [-0.39, 0.29) is 45.8 Å². The molecule has 3 N–H and O–H groups in total. The van der Waals surface area contributed by atoms with Crippen molar-refractivity contribution in [1.29, 1.82) is 0 Å². The normalized spacial score (nSPS) is 14.8. The van der Waals surface area contributed by atoms with E-state index in [1.165, 1.54) is 28.2 Å². The Labute approximate surface area is 206 Å². The molecule has 0 aliphatic carbocycles. The molecule has 3 heterocycles. The number of hydrogen-bond donors (Lipinski definition) is 3. The zero-order chi connectivity index (χ0) is 25.5. The summed E-state index contributed by atoms with van der Waals surface area (Å²) in [5, 5.41) is 21.7. The van der Waals surface area contributed by atoms with Crippen LogP contribution in [0.1, 0.15) is 25.8 Å². The van der Waals surface area contributed by atoms with E-state index in [4.69, 9.17) is 0 Å². The van der Waals surface area contributed by atoms with Gasteiger partial charge in [0, 0.05) is 23.2 Å². The van der Waals surface area contributed by atoms with Crippen LogP contribution >= 0.6 is 11.3 Å². The molecule has 0 amide bonds. The van der Waals surface area contributed by atoms with E-state index in [1.807, 2.05) is 13.8 Å². The molecule has 2 aromatic heterocycles. The number of nitrogens with one attached hydrogen (secondary N) is 2. The highest BCUT2D eigenvalue weighted by atomic mass is 32.2. The monoisotopic (exact) mass is 537 g/mol. The number of nitrogens with zero attached hydrogens (tertiary/aromatic N) is 3. The summed E-state index contributed by atoms with van der Waals surface area (Å²) in [6, 6.07) is 5.58. The first-order valence-electron chi connectivity index (χ1n) is 10.5. The molecule has 0 fully saturated rings. The fraction of sp³-hybridized carbons (Fsp3) is 0.286. The van der Waals surface area contributed by atoms with Gasteiger partial charge in [0.1, 0.15) is 16.2 Å². The largest absolute Gasteiger partial charge is 0.505 e. The third kappa shape index (κ3) is 5.23. The summed E-state index contributed by atoms with van der Waals surface area (Å²) in [7, 11) is -7.98. The second-order valence-corrected chi connectivity index (χ2v) is 12.5. The van der Waals surface area contributed by atoms with Crippen molar-refractivity contribution < 1.29 is 21.9 Å². The van der Waals surface area contributed by atoms with Crippen LogP contribution in [0.2, 0.25) is 0 Å². The molecule has 0 radical (unpaired) electrons. The summed E-state index contributed by atoms with van der Waals surface area (Å²) < 4.78 is 56.2. The molecule has 186 valence electrons. The number of hydrogen-bond acceptors (Lipinski definition) is 9. The maximum absolute atomic E-state index is 13.3. The number of sulfonamides is 2. The third-order valence-electron chi connectivity index (χ3n) is 5.11. The molecule has 0 atom stereocenters. The van der Waals surface area contributed by atoms with Gasteiger partial charge >= 0.3 is 0 Å². The highest BCUT2D eigenvalue weighted by molar-refractivity contribution is 7.92. The topological polar surface area (TPSA) is 160 Å². The number of fused-ring (bicyclic) bond motifs is 1. The molecule has 4 rings (SSSR count). The summed E-state index contributed by atoms with van der Waals surface area (Å²) in [5.41, 5.74) is -0.193. The number of amidine groups is 1. The molecule has 0 unspecified atom stereocenters. The van der Waals surface area contributed by atoms with Gasteiger partial charge in [0.2, 0.25) is 10.0 Å². The lowest BCUT2D eigenvalue weighted by molar-refractivity contribution is 0.444. The number of aromatic hydroxyl groups is 1. The van der Waals surface area contributed by atoms with Gasteiger partial charge in [0.25, 0.3) is 15.6 Å². The summed E-state index contributed by atoms with van der Waals surface area (Å²) >= 11 is 1.38. The molecule has 1 aliphatic heterocycles. The number of aryl methyl sites for hydroxylation is 1. The van der Waals surface area contributed by atoms with Crippen molar-refractivity contribution in [1.82, 2.24) is 9.78 Å². The predicted molar refractivity (Wildman–Crippen MR) is 135 cm³/mol. The minimum atomic E-state index is -4.34. The van der Waals surface area contributed by atoms with Crippen LogP contribution < -0.4 is 15.6 Å². The van der Waals surface area contributed by atoms with Gasteiger partial charge in [-0.2, -0.15) is 24.9 Å². The molecule has 35 heavy (non-hydrogen) atoms. The van der Waals surface area contributed by atoms with Gasteiger partial charge in [0.15, 0.2) is 11.6 Å². The second-order valence-electron chi connectivity index (χ2n) is 8.42. The Morgan fingerprint density at radius 3 is 2.63 bits per heavy atom. The van der Waals surface area contributed by atoms with Crippen molar-refractivity contribution in [3.05, 3.63) is 50.9 Å². The Hall–Kier alpha value is -3.23. The molecule has 1 aliphatic rings. The van der Waals surface area contributed by atoms with Crippen LogP contribution in [-0.4, -0.2) is 43.8 Å². The van der Waals surface area contributed by atoms with Gasteiger partial charge in [-0.15, -0.1) is 4.40 Å². The van der Waals surface area contributed by atoms with Crippen molar-refractivity contribution in [2.24, 2.45) is 10.3 Å². The molecule has 0 bridgehead atoms. The van der Waals surface area contributed by atoms with Crippen LogP contribution in [0.3, 0.4) is 0 Å². The highest BCUT2D eigenvalue weighted by Gasteiger charge is 2.31. The Kier molecular flexibility index (Phi) is 6.46. The SMILES string of the molecule is CC(C)CCn1nc(-c2ccsc2)c(O)c(C2=NS(=O)(=O)c3cc(NS(C)(=O)=O)ccc3N2)c1=O.